The number of benzene rings is 2. The Kier molecular flexibility index (Phi) is 4.78. The molecule has 2 aromatic rings. The van der Waals surface area contributed by atoms with E-state index in [9.17, 15) is 18.3 Å². The molecule has 0 unspecified atom stereocenters. The summed E-state index contributed by atoms with van der Waals surface area (Å²) in [6, 6.07) is 15.0. The monoisotopic (exact) mass is 361 g/mol. The largest absolute Gasteiger partial charge is 0.480 e. The zero-order valence-corrected chi connectivity index (χ0v) is 14.3. The maximum atomic E-state index is 13.0. The van der Waals surface area contributed by atoms with Gasteiger partial charge in [-0.1, -0.05) is 18.2 Å². The molecular weight excluding hydrogens is 342 g/mol. The fourth-order valence-corrected chi connectivity index (χ4v) is 4.88. The van der Waals surface area contributed by atoms with Gasteiger partial charge in [-0.15, -0.1) is 0 Å². The zero-order valence-electron chi connectivity index (χ0n) is 13.5. The van der Waals surface area contributed by atoms with Crippen LogP contribution in [-0.2, 0) is 14.6 Å². The lowest BCUT2D eigenvalue weighted by atomic mass is 9.97. The fourth-order valence-electron chi connectivity index (χ4n) is 2.97. The molecule has 0 radical (unpaired) electrons. The maximum Gasteiger partial charge on any atom is 0.325 e. The second-order valence-corrected chi connectivity index (χ2v) is 8.20. The van der Waals surface area contributed by atoms with Gasteiger partial charge in [-0.3, -0.25) is 4.79 Å². The van der Waals surface area contributed by atoms with Gasteiger partial charge in [0.15, 0.2) is 14.6 Å². The van der Waals surface area contributed by atoms with Crippen molar-refractivity contribution in [1.82, 2.24) is 5.32 Å². The van der Waals surface area contributed by atoms with Gasteiger partial charge in [-0.05, 0) is 62.3 Å². The lowest BCUT2D eigenvalue weighted by Gasteiger charge is -2.33. The molecule has 1 heterocycles. The molecule has 0 spiro atoms. The molecule has 132 valence electrons. The van der Waals surface area contributed by atoms with E-state index in [2.05, 4.69) is 5.32 Å². The highest BCUT2D eigenvalue weighted by atomic mass is 32.2. The van der Waals surface area contributed by atoms with Crippen molar-refractivity contribution >= 4 is 15.8 Å². The molecule has 7 heteroatoms. The number of hydrogen-bond acceptors (Lipinski definition) is 5. The van der Waals surface area contributed by atoms with Gasteiger partial charge < -0.3 is 15.2 Å². The minimum atomic E-state index is -4.01. The SMILES string of the molecule is O=C(O)C1(S(=O)(=O)c2ccc(Oc3ccccc3)cc2)CCNCC1. The molecule has 0 saturated carbocycles. The van der Waals surface area contributed by atoms with Gasteiger partial charge in [0.1, 0.15) is 11.5 Å². The van der Waals surface area contributed by atoms with Crippen LogP contribution in [0.25, 0.3) is 0 Å². The van der Waals surface area contributed by atoms with E-state index in [1.54, 1.807) is 12.1 Å². The number of sulfone groups is 1. The highest BCUT2D eigenvalue weighted by Gasteiger charge is 2.52. The van der Waals surface area contributed by atoms with Crippen molar-refractivity contribution in [3.8, 4) is 11.5 Å². The predicted octanol–water partition coefficient (Wildman–Crippen LogP) is 2.46. The normalized spacial score (nSPS) is 17.0. The number of nitrogens with one attached hydrogen (secondary N) is 1. The number of carboxylic acid groups (broad SMARTS) is 1. The van der Waals surface area contributed by atoms with E-state index in [1.165, 1.54) is 24.3 Å². The summed E-state index contributed by atoms with van der Waals surface area (Å²) in [5, 5.41) is 12.6. The van der Waals surface area contributed by atoms with Crippen molar-refractivity contribution in [2.24, 2.45) is 0 Å². The first-order valence-electron chi connectivity index (χ1n) is 7.97. The molecule has 0 amide bonds. The third-order valence-electron chi connectivity index (χ3n) is 4.43. The van der Waals surface area contributed by atoms with Crippen LogP contribution < -0.4 is 10.1 Å². The molecule has 1 aliphatic heterocycles. The molecule has 0 bridgehead atoms. The molecule has 1 saturated heterocycles. The Bertz CT molecular complexity index is 841. The summed E-state index contributed by atoms with van der Waals surface area (Å²) in [5.74, 6) is -0.170. The number of piperidine rings is 1. The molecule has 3 rings (SSSR count). The highest BCUT2D eigenvalue weighted by Crippen LogP contribution is 2.35. The average Bonchev–Trinajstić information content (AvgIpc) is 2.63. The van der Waals surface area contributed by atoms with Crippen LogP contribution in [0.15, 0.2) is 59.5 Å². The van der Waals surface area contributed by atoms with Crippen molar-refractivity contribution in [1.29, 1.82) is 0 Å². The number of aliphatic carboxylic acids is 1. The minimum absolute atomic E-state index is 0.00258. The van der Waals surface area contributed by atoms with Gasteiger partial charge in [0, 0.05) is 0 Å². The Morgan fingerprint density at radius 3 is 2.08 bits per heavy atom. The van der Waals surface area contributed by atoms with Crippen LogP contribution in [0.1, 0.15) is 12.8 Å². The van der Waals surface area contributed by atoms with E-state index in [4.69, 9.17) is 4.74 Å². The minimum Gasteiger partial charge on any atom is -0.480 e. The third-order valence-corrected chi connectivity index (χ3v) is 6.93. The van der Waals surface area contributed by atoms with E-state index in [1.807, 2.05) is 18.2 Å². The molecule has 0 aromatic heterocycles. The van der Waals surface area contributed by atoms with Crippen molar-refractivity contribution < 1.29 is 23.1 Å². The van der Waals surface area contributed by atoms with Crippen molar-refractivity contribution in [3.63, 3.8) is 0 Å². The van der Waals surface area contributed by atoms with Crippen molar-refractivity contribution in [2.75, 3.05) is 13.1 Å². The molecule has 6 nitrogen and oxygen atoms in total. The first-order chi connectivity index (χ1) is 12.0. The number of ether oxygens (including phenoxy) is 1. The van der Waals surface area contributed by atoms with Gasteiger partial charge in [0.05, 0.1) is 4.90 Å². The molecule has 25 heavy (non-hydrogen) atoms. The van der Waals surface area contributed by atoms with Crippen molar-refractivity contribution in [2.45, 2.75) is 22.5 Å². The van der Waals surface area contributed by atoms with Crippen LogP contribution in [0.4, 0.5) is 0 Å². The summed E-state index contributed by atoms with van der Waals surface area (Å²) in [5.41, 5.74) is 0. The summed E-state index contributed by atoms with van der Waals surface area (Å²) < 4.78 is 29.8. The van der Waals surface area contributed by atoms with Crippen molar-refractivity contribution in [3.05, 3.63) is 54.6 Å². The third kappa shape index (κ3) is 3.25. The molecule has 1 aliphatic rings. The molecule has 0 atom stereocenters. The van der Waals surface area contributed by atoms with E-state index in [-0.39, 0.29) is 17.7 Å². The van der Waals surface area contributed by atoms with Gasteiger partial charge in [0.25, 0.3) is 0 Å². The molecule has 2 aromatic carbocycles. The van der Waals surface area contributed by atoms with Gasteiger partial charge in [0.2, 0.25) is 0 Å². The molecule has 0 aliphatic carbocycles. The number of carboxylic acids is 1. The molecule has 2 N–H and O–H groups in total. The highest BCUT2D eigenvalue weighted by molar-refractivity contribution is 7.93. The second-order valence-electron chi connectivity index (χ2n) is 5.94. The predicted molar refractivity (Wildman–Crippen MR) is 92.6 cm³/mol. The Labute approximate surface area is 146 Å². The smallest absolute Gasteiger partial charge is 0.325 e. The van der Waals surface area contributed by atoms with E-state index < -0.39 is 20.6 Å². The van der Waals surface area contributed by atoms with E-state index in [0.717, 1.165) is 0 Å². The van der Waals surface area contributed by atoms with E-state index >= 15 is 0 Å². The average molecular weight is 361 g/mol. The first kappa shape index (κ1) is 17.4. The number of rotatable bonds is 5. The Morgan fingerprint density at radius 2 is 1.52 bits per heavy atom. The van der Waals surface area contributed by atoms with Gasteiger partial charge >= 0.3 is 5.97 Å². The van der Waals surface area contributed by atoms with Crippen LogP contribution >= 0.6 is 0 Å². The maximum absolute atomic E-state index is 13.0. The van der Waals surface area contributed by atoms with Crippen LogP contribution in [0.3, 0.4) is 0 Å². The molecular formula is C18H19NO5S. The Balaban J connectivity index is 1.88. The second kappa shape index (κ2) is 6.85. The summed E-state index contributed by atoms with van der Waals surface area (Å²) >= 11 is 0. The number of para-hydroxylation sites is 1. The van der Waals surface area contributed by atoms with Gasteiger partial charge in [-0.25, -0.2) is 8.42 Å². The van der Waals surface area contributed by atoms with Crippen LogP contribution in [0, 0.1) is 0 Å². The van der Waals surface area contributed by atoms with Crippen LogP contribution in [0.5, 0.6) is 11.5 Å². The van der Waals surface area contributed by atoms with Crippen LogP contribution in [0.2, 0.25) is 0 Å². The fraction of sp³-hybridized carbons (Fsp3) is 0.278. The summed E-state index contributed by atoms with van der Waals surface area (Å²) in [6.07, 6.45) is 0.0971. The topological polar surface area (TPSA) is 92.7 Å². The number of carbonyl (C=O) groups is 1. The first-order valence-corrected chi connectivity index (χ1v) is 9.46. The van der Waals surface area contributed by atoms with Gasteiger partial charge in [-0.2, -0.15) is 0 Å². The zero-order chi connectivity index (χ0) is 17.9. The van der Waals surface area contributed by atoms with E-state index in [0.29, 0.717) is 24.6 Å². The summed E-state index contributed by atoms with van der Waals surface area (Å²) in [4.78, 5) is 11.8. The van der Waals surface area contributed by atoms with Crippen LogP contribution in [-0.4, -0.2) is 37.3 Å². The summed E-state index contributed by atoms with van der Waals surface area (Å²) in [6.45, 7) is 0.724. The lowest BCUT2D eigenvalue weighted by Crippen LogP contribution is -2.53. The Hall–Kier alpha value is -2.38. The number of hydrogen-bond donors (Lipinski definition) is 2. The quantitative estimate of drug-likeness (QED) is 0.850. The Morgan fingerprint density at radius 1 is 0.960 bits per heavy atom. The molecule has 1 fully saturated rings. The standard InChI is InChI=1S/C18H19NO5S/c20-17(21)18(10-12-19-13-11-18)25(22,23)16-8-6-15(7-9-16)24-14-4-2-1-3-5-14/h1-9,19H,10-13H2,(H,20,21). The summed E-state index contributed by atoms with van der Waals surface area (Å²) in [7, 11) is -4.01. The lowest BCUT2D eigenvalue weighted by molar-refractivity contribution is -0.140.